The third-order valence-electron chi connectivity index (χ3n) is 1.86. The van der Waals surface area contributed by atoms with Crippen LogP contribution in [0.2, 0.25) is 0 Å². The highest BCUT2D eigenvalue weighted by Gasteiger charge is 2.11. The van der Waals surface area contributed by atoms with Crippen LogP contribution in [0, 0.1) is 0 Å². The molecule has 0 aliphatic carbocycles. The van der Waals surface area contributed by atoms with Gasteiger partial charge in [-0.15, -0.1) is 0 Å². The summed E-state index contributed by atoms with van der Waals surface area (Å²) in [6.07, 6.45) is 0. The summed E-state index contributed by atoms with van der Waals surface area (Å²) in [6.45, 7) is 5.98. The van der Waals surface area contributed by atoms with Crippen molar-refractivity contribution in [3.05, 3.63) is 0 Å². The smallest absolute Gasteiger partial charge is 0.186 e. The predicted octanol–water partition coefficient (Wildman–Crippen LogP) is 1.36. The SMILES string of the molecule is CC[N+](C)(C)CCSC(C)=O. The standard InChI is InChI=1S/C8H18NOS/c1-5-9(3,4)6-7-11-8(2)10/h5-7H2,1-4H3/q+1. The molecule has 0 unspecified atom stereocenters. The molecule has 0 aliphatic heterocycles. The van der Waals surface area contributed by atoms with Gasteiger partial charge in [-0.25, -0.2) is 0 Å². The molecule has 0 aromatic carbocycles. The lowest BCUT2D eigenvalue weighted by atomic mass is 10.5. The van der Waals surface area contributed by atoms with Gasteiger partial charge in [0.2, 0.25) is 0 Å². The summed E-state index contributed by atoms with van der Waals surface area (Å²) < 4.78 is 1.00. The molecule has 0 spiro atoms. The lowest BCUT2D eigenvalue weighted by Gasteiger charge is -2.27. The number of nitrogens with zero attached hydrogens (tertiary/aromatic N) is 1. The molecule has 0 fully saturated rings. The molecule has 0 radical (unpaired) electrons. The molecule has 0 saturated heterocycles. The maximum atomic E-state index is 10.6. The second-order valence-electron chi connectivity index (χ2n) is 3.32. The van der Waals surface area contributed by atoms with Crippen molar-refractivity contribution in [3.8, 4) is 0 Å². The Kier molecular flexibility index (Phi) is 4.77. The maximum Gasteiger partial charge on any atom is 0.186 e. The third-order valence-corrected chi connectivity index (χ3v) is 2.65. The molecular formula is C8H18NOS+. The van der Waals surface area contributed by atoms with E-state index in [-0.39, 0.29) is 5.12 Å². The summed E-state index contributed by atoms with van der Waals surface area (Å²) in [4.78, 5) is 10.6. The molecule has 0 aliphatic rings. The van der Waals surface area contributed by atoms with Gasteiger partial charge in [-0.05, 0) is 6.92 Å². The monoisotopic (exact) mass is 176 g/mol. The van der Waals surface area contributed by atoms with Crippen LogP contribution in [0.3, 0.4) is 0 Å². The first-order valence-electron chi connectivity index (χ1n) is 3.93. The average Bonchev–Trinajstić information content (AvgIpc) is 1.87. The van der Waals surface area contributed by atoms with E-state index in [9.17, 15) is 4.79 Å². The molecule has 3 heteroatoms. The van der Waals surface area contributed by atoms with E-state index in [1.807, 2.05) is 0 Å². The number of quaternary nitrogens is 1. The molecule has 11 heavy (non-hydrogen) atoms. The molecule has 66 valence electrons. The molecule has 0 aromatic heterocycles. The number of carbonyl (C=O) groups is 1. The summed E-state index contributed by atoms with van der Waals surface area (Å²) in [5, 5.41) is 0.223. The fourth-order valence-electron chi connectivity index (χ4n) is 0.595. The van der Waals surface area contributed by atoms with E-state index in [1.54, 1.807) is 6.92 Å². The minimum absolute atomic E-state index is 0.223. The Hall–Kier alpha value is -0.0200. The van der Waals surface area contributed by atoms with Crippen molar-refractivity contribution in [2.45, 2.75) is 13.8 Å². The van der Waals surface area contributed by atoms with Gasteiger partial charge in [-0.1, -0.05) is 11.8 Å². The predicted molar refractivity (Wildman–Crippen MR) is 50.7 cm³/mol. The van der Waals surface area contributed by atoms with Crippen molar-refractivity contribution in [3.63, 3.8) is 0 Å². The summed E-state index contributed by atoms with van der Waals surface area (Å²) in [7, 11) is 4.36. The van der Waals surface area contributed by atoms with Gasteiger partial charge >= 0.3 is 0 Å². The fourth-order valence-corrected chi connectivity index (χ4v) is 1.47. The fraction of sp³-hybridized carbons (Fsp3) is 0.875. The molecule has 0 rings (SSSR count). The van der Waals surface area contributed by atoms with Crippen LogP contribution in [0.25, 0.3) is 0 Å². The lowest BCUT2D eigenvalue weighted by molar-refractivity contribution is -0.885. The highest BCUT2D eigenvalue weighted by molar-refractivity contribution is 8.13. The van der Waals surface area contributed by atoms with Crippen molar-refractivity contribution in [2.75, 3.05) is 32.9 Å². The summed E-state index contributed by atoms with van der Waals surface area (Å²) >= 11 is 1.42. The summed E-state index contributed by atoms with van der Waals surface area (Å²) in [5.74, 6) is 0.941. The molecule has 2 nitrogen and oxygen atoms in total. The van der Waals surface area contributed by atoms with E-state index < -0.39 is 0 Å². The molecular weight excluding hydrogens is 158 g/mol. The number of carbonyl (C=O) groups excluding carboxylic acids is 1. The Bertz CT molecular complexity index is 134. The first kappa shape index (κ1) is 11.0. The number of hydrogen-bond acceptors (Lipinski definition) is 2. The van der Waals surface area contributed by atoms with E-state index in [0.29, 0.717) is 0 Å². The molecule has 0 heterocycles. The van der Waals surface area contributed by atoms with E-state index in [0.717, 1.165) is 23.3 Å². The Labute approximate surface area is 73.5 Å². The number of hydrogen-bond donors (Lipinski definition) is 0. The third kappa shape index (κ3) is 6.38. The van der Waals surface area contributed by atoms with Crippen LogP contribution in [0.15, 0.2) is 0 Å². The first-order chi connectivity index (χ1) is 4.98. The van der Waals surface area contributed by atoms with Crippen LogP contribution in [0.5, 0.6) is 0 Å². The Morgan fingerprint density at radius 3 is 2.36 bits per heavy atom. The number of rotatable bonds is 4. The van der Waals surface area contributed by atoms with Gasteiger partial charge in [0.15, 0.2) is 5.12 Å². The zero-order valence-electron chi connectivity index (χ0n) is 7.89. The lowest BCUT2D eigenvalue weighted by Crippen LogP contribution is -2.41. The second kappa shape index (κ2) is 4.78. The Balaban J connectivity index is 3.45. The van der Waals surface area contributed by atoms with Crippen LogP contribution >= 0.6 is 11.8 Å². The van der Waals surface area contributed by atoms with E-state index in [2.05, 4.69) is 21.0 Å². The van der Waals surface area contributed by atoms with Gasteiger partial charge in [-0.3, -0.25) is 4.79 Å². The Morgan fingerprint density at radius 2 is 2.00 bits per heavy atom. The summed E-state index contributed by atoms with van der Waals surface area (Å²) in [5.41, 5.74) is 0. The molecule has 0 N–H and O–H groups in total. The molecule has 0 atom stereocenters. The largest absolute Gasteiger partial charge is 0.328 e. The zero-order chi connectivity index (χ0) is 8.91. The summed E-state index contributed by atoms with van der Waals surface area (Å²) in [6, 6.07) is 0. The van der Waals surface area contributed by atoms with Crippen molar-refractivity contribution in [2.24, 2.45) is 0 Å². The Morgan fingerprint density at radius 1 is 1.45 bits per heavy atom. The quantitative estimate of drug-likeness (QED) is 0.602. The van der Waals surface area contributed by atoms with Gasteiger partial charge in [0.25, 0.3) is 0 Å². The topological polar surface area (TPSA) is 17.1 Å². The molecule has 0 bridgehead atoms. The van der Waals surface area contributed by atoms with Crippen molar-refractivity contribution in [1.29, 1.82) is 0 Å². The molecule has 0 aromatic rings. The van der Waals surface area contributed by atoms with E-state index >= 15 is 0 Å². The molecule has 0 amide bonds. The van der Waals surface area contributed by atoms with Gasteiger partial charge in [0.1, 0.15) is 0 Å². The zero-order valence-corrected chi connectivity index (χ0v) is 8.70. The van der Waals surface area contributed by atoms with Crippen LogP contribution in [0.4, 0.5) is 0 Å². The van der Waals surface area contributed by atoms with E-state index in [4.69, 9.17) is 0 Å². The second-order valence-corrected chi connectivity index (χ2v) is 4.59. The van der Waals surface area contributed by atoms with Crippen LogP contribution in [0.1, 0.15) is 13.8 Å². The van der Waals surface area contributed by atoms with Crippen LogP contribution in [-0.2, 0) is 4.79 Å². The van der Waals surface area contributed by atoms with Gasteiger partial charge < -0.3 is 4.48 Å². The van der Waals surface area contributed by atoms with Crippen molar-refractivity contribution in [1.82, 2.24) is 0 Å². The highest BCUT2D eigenvalue weighted by Crippen LogP contribution is 2.04. The van der Waals surface area contributed by atoms with Crippen molar-refractivity contribution >= 4 is 16.9 Å². The van der Waals surface area contributed by atoms with Gasteiger partial charge in [0, 0.05) is 6.92 Å². The van der Waals surface area contributed by atoms with E-state index in [1.165, 1.54) is 11.8 Å². The first-order valence-corrected chi connectivity index (χ1v) is 4.92. The average molecular weight is 176 g/mol. The normalized spacial score (nSPS) is 11.6. The van der Waals surface area contributed by atoms with Gasteiger partial charge in [0.05, 0.1) is 32.9 Å². The van der Waals surface area contributed by atoms with Gasteiger partial charge in [-0.2, -0.15) is 0 Å². The van der Waals surface area contributed by atoms with Crippen LogP contribution < -0.4 is 0 Å². The minimum atomic E-state index is 0.223. The molecule has 0 saturated carbocycles. The minimum Gasteiger partial charge on any atom is -0.328 e. The number of thioether (sulfide) groups is 1. The van der Waals surface area contributed by atoms with Crippen LogP contribution in [-0.4, -0.2) is 42.5 Å². The maximum absolute atomic E-state index is 10.6. The highest BCUT2D eigenvalue weighted by atomic mass is 32.2. The van der Waals surface area contributed by atoms with Crippen molar-refractivity contribution < 1.29 is 9.28 Å².